The van der Waals surface area contributed by atoms with Crippen LogP contribution in [0.5, 0.6) is 0 Å². The molecule has 4 N–H and O–H groups in total. The maximum atomic E-state index is 12.3. The molecule has 0 aliphatic heterocycles. The fourth-order valence-electron chi connectivity index (χ4n) is 2.83. The van der Waals surface area contributed by atoms with E-state index in [2.05, 4.69) is 4.72 Å². The normalized spacial score (nSPS) is 18.4. The van der Waals surface area contributed by atoms with Crippen LogP contribution in [0.25, 0.3) is 0 Å². The second kappa shape index (κ2) is 6.70. The second-order valence-corrected chi connectivity index (χ2v) is 7.36. The van der Waals surface area contributed by atoms with E-state index in [1.165, 1.54) is 6.42 Å². The molecule has 1 saturated carbocycles. The van der Waals surface area contributed by atoms with E-state index in [1.807, 2.05) is 13.8 Å². The number of nitrogens with two attached hydrogens (primary N) is 1. The van der Waals surface area contributed by atoms with E-state index in [9.17, 15) is 8.42 Å². The molecular weight excluding hydrogens is 262 g/mol. The molecule has 1 rings (SSSR count). The van der Waals surface area contributed by atoms with Crippen molar-refractivity contribution in [2.75, 3.05) is 5.75 Å². The molecule has 0 amide bonds. The number of rotatable bonds is 7. The van der Waals surface area contributed by atoms with Crippen LogP contribution in [-0.4, -0.2) is 25.5 Å². The average molecular weight is 289 g/mol. The Morgan fingerprint density at radius 2 is 1.79 bits per heavy atom. The summed E-state index contributed by atoms with van der Waals surface area (Å²) in [7, 11) is -3.38. The van der Waals surface area contributed by atoms with E-state index < -0.39 is 15.6 Å². The predicted molar refractivity (Wildman–Crippen MR) is 78.7 cm³/mol. The molecule has 0 spiro atoms. The van der Waals surface area contributed by atoms with Crippen LogP contribution in [-0.2, 0) is 10.0 Å². The van der Waals surface area contributed by atoms with Gasteiger partial charge in [-0.05, 0) is 31.6 Å². The van der Waals surface area contributed by atoms with Crippen molar-refractivity contribution in [3.05, 3.63) is 0 Å². The molecule has 0 aromatic heterocycles. The summed E-state index contributed by atoms with van der Waals surface area (Å²) in [6, 6.07) is 0. The minimum absolute atomic E-state index is 0.0929. The van der Waals surface area contributed by atoms with Crippen molar-refractivity contribution in [3.63, 3.8) is 0 Å². The molecule has 6 heteroatoms. The molecule has 19 heavy (non-hydrogen) atoms. The molecule has 112 valence electrons. The minimum Gasteiger partial charge on any atom is -0.386 e. The van der Waals surface area contributed by atoms with Crippen molar-refractivity contribution in [2.24, 2.45) is 11.7 Å². The van der Waals surface area contributed by atoms with Gasteiger partial charge in [-0.15, -0.1) is 0 Å². The zero-order chi connectivity index (χ0) is 14.5. The van der Waals surface area contributed by atoms with Gasteiger partial charge in [-0.2, -0.15) is 0 Å². The van der Waals surface area contributed by atoms with Crippen molar-refractivity contribution >= 4 is 15.9 Å². The second-order valence-electron chi connectivity index (χ2n) is 5.59. The van der Waals surface area contributed by atoms with E-state index in [-0.39, 0.29) is 17.5 Å². The van der Waals surface area contributed by atoms with Crippen molar-refractivity contribution in [2.45, 2.75) is 64.3 Å². The van der Waals surface area contributed by atoms with Crippen molar-refractivity contribution in [1.29, 1.82) is 5.41 Å². The van der Waals surface area contributed by atoms with Gasteiger partial charge in [0.05, 0.1) is 11.3 Å². The molecule has 0 aromatic rings. The lowest BCUT2D eigenvalue weighted by Gasteiger charge is -2.32. The van der Waals surface area contributed by atoms with Crippen LogP contribution < -0.4 is 10.5 Å². The van der Waals surface area contributed by atoms with Gasteiger partial charge in [0, 0.05) is 0 Å². The van der Waals surface area contributed by atoms with Crippen LogP contribution in [0.15, 0.2) is 0 Å². The monoisotopic (exact) mass is 289 g/mol. The Morgan fingerprint density at radius 3 is 2.21 bits per heavy atom. The van der Waals surface area contributed by atoms with E-state index in [4.69, 9.17) is 11.1 Å². The van der Waals surface area contributed by atoms with Gasteiger partial charge in [0.2, 0.25) is 10.0 Å². The van der Waals surface area contributed by atoms with E-state index >= 15 is 0 Å². The Labute approximate surface area is 116 Å². The molecule has 0 atom stereocenters. The maximum absolute atomic E-state index is 12.3. The number of amidine groups is 1. The van der Waals surface area contributed by atoms with Crippen LogP contribution in [0.4, 0.5) is 0 Å². The third kappa shape index (κ3) is 4.45. The Hall–Kier alpha value is -0.620. The number of nitrogens with one attached hydrogen (secondary N) is 2. The van der Waals surface area contributed by atoms with Crippen LogP contribution in [0.3, 0.4) is 0 Å². The predicted octanol–water partition coefficient (Wildman–Crippen LogP) is 1.98. The van der Waals surface area contributed by atoms with Gasteiger partial charge in [0.15, 0.2) is 0 Å². The average Bonchev–Trinajstić information content (AvgIpc) is 2.36. The Kier molecular flexibility index (Phi) is 5.80. The summed E-state index contributed by atoms with van der Waals surface area (Å²) in [6.07, 6.45) is 6.45. The summed E-state index contributed by atoms with van der Waals surface area (Å²) in [4.78, 5) is 0. The summed E-state index contributed by atoms with van der Waals surface area (Å²) in [5, 5.41) is 7.65. The number of hydrogen-bond acceptors (Lipinski definition) is 3. The van der Waals surface area contributed by atoms with Crippen molar-refractivity contribution in [3.8, 4) is 0 Å². The summed E-state index contributed by atoms with van der Waals surface area (Å²) < 4.78 is 27.2. The lowest BCUT2D eigenvalue weighted by molar-refractivity contribution is 0.380. The molecule has 0 bridgehead atoms. The maximum Gasteiger partial charge on any atom is 0.212 e. The highest BCUT2D eigenvalue weighted by Gasteiger charge is 2.35. The first-order chi connectivity index (χ1) is 8.85. The fourth-order valence-corrected chi connectivity index (χ4v) is 4.86. The van der Waals surface area contributed by atoms with E-state index in [0.717, 1.165) is 25.7 Å². The zero-order valence-electron chi connectivity index (χ0n) is 12.0. The molecule has 0 radical (unpaired) electrons. The van der Waals surface area contributed by atoms with Crippen LogP contribution >= 0.6 is 0 Å². The highest BCUT2D eigenvalue weighted by molar-refractivity contribution is 7.89. The Morgan fingerprint density at radius 1 is 1.26 bits per heavy atom. The first kappa shape index (κ1) is 16.4. The Bertz CT molecular complexity index is 396. The highest BCUT2D eigenvalue weighted by atomic mass is 32.2. The molecule has 1 fully saturated rings. The zero-order valence-corrected chi connectivity index (χ0v) is 12.9. The van der Waals surface area contributed by atoms with Gasteiger partial charge >= 0.3 is 0 Å². The first-order valence-electron chi connectivity index (χ1n) is 7.21. The summed E-state index contributed by atoms with van der Waals surface area (Å²) in [6.45, 7) is 3.71. The fraction of sp³-hybridized carbons (Fsp3) is 0.923. The van der Waals surface area contributed by atoms with Gasteiger partial charge in [-0.3, -0.25) is 5.41 Å². The standard InChI is InChI=1S/C13H27N3O2S/c1-3-13(4-2,12(14)15)16-19(17,18)10-11-8-6-5-7-9-11/h11,16H,3-10H2,1-2H3,(H3,14,15). The molecule has 0 saturated heterocycles. The van der Waals surface area contributed by atoms with Gasteiger partial charge in [-0.1, -0.05) is 33.1 Å². The lowest BCUT2D eigenvalue weighted by Crippen LogP contribution is -2.57. The topological polar surface area (TPSA) is 96.0 Å². The van der Waals surface area contributed by atoms with Crippen LogP contribution in [0.2, 0.25) is 0 Å². The summed E-state index contributed by atoms with van der Waals surface area (Å²) >= 11 is 0. The molecule has 5 nitrogen and oxygen atoms in total. The van der Waals surface area contributed by atoms with Gasteiger partial charge in [0.25, 0.3) is 0 Å². The molecule has 0 aromatic carbocycles. The molecule has 0 unspecified atom stereocenters. The summed E-state index contributed by atoms with van der Waals surface area (Å²) in [5.41, 5.74) is 4.68. The van der Waals surface area contributed by atoms with Crippen molar-refractivity contribution in [1.82, 2.24) is 4.72 Å². The van der Waals surface area contributed by atoms with Gasteiger partial charge < -0.3 is 5.73 Å². The molecular formula is C13H27N3O2S. The van der Waals surface area contributed by atoms with Crippen LogP contribution in [0, 0.1) is 11.3 Å². The van der Waals surface area contributed by atoms with E-state index in [0.29, 0.717) is 12.8 Å². The third-order valence-electron chi connectivity index (χ3n) is 4.25. The lowest BCUT2D eigenvalue weighted by atomic mass is 9.91. The van der Waals surface area contributed by atoms with Crippen molar-refractivity contribution < 1.29 is 8.42 Å². The molecule has 1 aliphatic carbocycles. The smallest absolute Gasteiger partial charge is 0.212 e. The quantitative estimate of drug-likeness (QED) is 0.494. The highest BCUT2D eigenvalue weighted by Crippen LogP contribution is 2.25. The van der Waals surface area contributed by atoms with Gasteiger partial charge in [-0.25, -0.2) is 13.1 Å². The third-order valence-corrected chi connectivity index (χ3v) is 5.87. The molecule has 0 heterocycles. The largest absolute Gasteiger partial charge is 0.386 e. The van der Waals surface area contributed by atoms with Crippen LogP contribution in [0.1, 0.15) is 58.8 Å². The molecule has 1 aliphatic rings. The minimum atomic E-state index is -3.38. The Balaban J connectivity index is 2.73. The first-order valence-corrected chi connectivity index (χ1v) is 8.86. The summed E-state index contributed by atoms with van der Waals surface area (Å²) in [5.74, 6) is 0.330. The van der Waals surface area contributed by atoms with E-state index in [1.54, 1.807) is 0 Å². The number of sulfonamides is 1. The SMILES string of the molecule is CCC(CC)(NS(=O)(=O)CC1CCCCC1)C(=N)N. The van der Waals surface area contributed by atoms with Gasteiger partial charge in [0.1, 0.15) is 5.84 Å². The number of hydrogen-bond donors (Lipinski definition) is 3.